The minimum absolute atomic E-state index is 0.246. The third-order valence-electron chi connectivity index (χ3n) is 11.8. The molecule has 0 aliphatic carbocycles. The maximum atomic E-state index is 14.2. The molecule has 0 bridgehead atoms. The summed E-state index contributed by atoms with van der Waals surface area (Å²) < 4.78 is 16.8. The van der Waals surface area contributed by atoms with E-state index in [1.807, 2.05) is 23.5 Å². The van der Waals surface area contributed by atoms with Crippen LogP contribution in [0.3, 0.4) is 0 Å². The van der Waals surface area contributed by atoms with E-state index in [1.54, 1.807) is 12.1 Å². The monoisotopic (exact) mass is 799 g/mol. The fourth-order valence-electron chi connectivity index (χ4n) is 8.86. The van der Waals surface area contributed by atoms with Crippen LogP contribution in [0.5, 0.6) is 0 Å². The van der Waals surface area contributed by atoms with Crippen molar-refractivity contribution in [2.75, 3.05) is 4.90 Å². The number of hydrogen-bond donors (Lipinski definition) is 0. The third kappa shape index (κ3) is 6.76. The van der Waals surface area contributed by atoms with E-state index in [1.165, 1.54) is 31.3 Å². The molecule has 0 aliphatic heterocycles. The van der Waals surface area contributed by atoms with Crippen molar-refractivity contribution in [3.05, 3.63) is 236 Å². The molecule has 1 nitrogen and oxygen atoms in total. The molecule has 0 amide bonds. The summed E-state index contributed by atoms with van der Waals surface area (Å²) in [6, 6.07) is 81.1. The number of halogens is 1. The standard InChI is InChI=1S/C58H38FNS/c59-46-34-31-42(32-35-46)49-22-11-15-43-16-12-23-53(58(43)49)50-20-5-8-25-55(50)60(47-18-10-17-44(37-47)41-29-27-40(28-30-41)39-13-2-1-3-14-39)54-24-7-4-19-48(54)45-33-36-52-51-21-6-9-26-56(51)61-57(52)38-45/h1-38H. The molecule has 0 unspecified atom stereocenters. The van der Waals surface area contributed by atoms with Gasteiger partial charge in [-0.05, 0) is 104 Å². The molecular weight excluding hydrogens is 762 g/mol. The van der Waals surface area contributed by atoms with Gasteiger partial charge in [0.2, 0.25) is 0 Å². The number of benzene rings is 10. The van der Waals surface area contributed by atoms with E-state index >= 15 is 0 Å². The lowest BCUT2D eigenvalue weighted by Gasteiger charge is -2.30. The number of para-hydroxylation sites is 2. The van der Waals surface area contributed by atoms with Gasteiger partial charge in [0.15, 0.2) is 0 Å². The van der Waals surface area contributed by atoms with Crippen molar-refractivity contribution in [3.8, 4) is 55.6 Å². The molecule has 0 spiro atoms. The van der Waals surface area contributed by atoms with Crippen LogP contribution in [0, 0.1) is 5.82 Å². The van der Waals surface area contributed by atoms with Crippen molar-refractivity contribution in [3.63, 3.8) is 0 Å². The molecule has 0 atom stereocenters. The Morgan fingerprint density at radius 2 is 0.869 bits per heavy atom. The Morgan fingerprint density at radius 1 is 0.328 bits per heavy atom. The first kappa shape index (κ1) is 36.5. The predicted molar refractivity (Wildman–Crippen MR) is 259 cm³/mol. The van der Waals surface area contributed by atoms with Gasteiger partial charge in [-0.15, -0.1) is 11.3 Å². The zero-order chi connectivity index (χ0) is 40.7. The summed E-state index contributed by atoms with van der Waals surface area (Å²) in [6.07, 6.45) is 0. The summed E-state index contributed by atoms with van der Waals surface area (Å²) in [4.78, 5) is 2.43. The molecule has 0 aliphatic rings. The highest BCUT2D eigenvalue weighted by Crippen LogP contribution is 2.48. The number of rotatable bonds is 8. The maximum Gasteiger partial charge on any atom is 0.123 e. The number of anilines is 3. The van der Waals surface area contributed by atoms with Gasteiger partial charge in [0.1, 0.15) is 5.82 Å². The normalized spacial score (nSPS) is 11.4. The molecule has 1 aromatic heterocycles. The van der Waals surface area contributed by atoms with Gasteiger partial charge in [0.05, 0.1) is 11.4 Å². The predicted octanol–water partition coefficient (Wildman–Crippen LogP) is 17.2. The molecular formula is C58H38FNS. The van der Waals surface area contributed by atoms with E-state index in [4.69, 9.17) is 0 Å². The van der Waals surface area contributed by atoms with E-state index in [9.17, 15) is 4.39 Å². The summed E-state index contributed by atoms with van der Waals surface area (Å²) in [6.45, 7) is 0. The molecule has 61 heavy (non-hydrogen) atoms. The Morgan fingerprint density at radius 3 is 1.66 bits per heavy atom. The SMILES string of the molecule is Fc1ccc(-c2cccc3cccc(-c4ccccc4N(c4cccc(-c5ccc(-c6ccccc6)cc5)c4)c4ccccc4-c4ccc5c(c4)sc4ccccc45)c23)cc1. The first-order chi connectivity index (χ1) is 30.2. The van der Waals surface area contributed by atoms with Crippen LogP contribution in [-0.4, -0.2) is 0 Å². The first-order valence-corrected chi connectivity index (χ1v) is 21.4. The van der Waals surface area contributed by atoms with Gasteiger partial charge < -0.3 is 4.90 Å². The Kier molecular flexibility index (Phi) is 9.30. The fraction of sp³-hybridized carbons (Fsp3) is 0. The van der Waals surface area contributed by atoms with Gasteiger partial charge >= 0.3 is 0 Å². The average Bonchev–Trinajstić information content (AvgIpc) is 3.70. The summed E-state index contributed by atoms with van der Waals surface area (Å²) in [5, 5.41) is 4.82. The van der Waals surface area contributed by atoms with Crippen LogP contribution in [0.25, 0.3) is 86.6 Å². The zero-order valence-corrected chi connectivity index (χ0v) is 34.0. The van der Waals surface area contributed by atoms with Crippen LogP contribution in [0.4, 0.5) is 21.5 Å². The minimum Gasteiger partial charge on any atom is -0.309 e. The second-order valence-corrected chi connectivity index (χ2v) is 16.5. The molecule has 0 radical (unpaired) electrons. The van der Waals surface area contributed by atoms with Crippen LogP contribution in [0.2, 0.25) is 0 Å². The zero-order valence-electron chi connectivity index (χ0n) is 33.2. The van der Waals surface area contributed by atoms with Gasteiger partial charge in [-0.1, -0.05) is 182 Å². The first-order valence-electron chi connectivity index (χ1n) is 20.6. The van der Waals surface area contributed by atoms with Crippen molar-refractivity contribution < 1.29 is 4.39 Å². The number of fused-ring (bicyclic) bond motifs is 4. The van der Waals surface area contributed by atoms with Crippen LogP contribution in [0.15, 0.2) is 231 Å². The molecule has 3 heteroatoms. The second kappa shape index (κ2) is 15.5. The maximum absolute atomic E-state index is 14.2. The number of thiophene rings is 1. The van der Waals surface area contributed by atoms with E-state index in [0.717, 1.165) is 72.3 Å². The Labute approximate surface area is 358 Å². The highest BCUT2D eigenvalue weighted by Gasteiger charge is 2.23. The Balaban J connectivity index is 1.12. The Bertz CT molecular complexity index is 3360. The van der Waals surface area contributed by atoms with Crippen LogP contribution >= 0.6 is 11.3 Å². The lowest BCUT2D eigenvalue weighted by atomic mass is 9.90. The van der Waals surface area contributed by atoms with Gasteiger partial charge in [0.25, 0.3) is 0 Å². The third-order valence-corrected chi connectivity index (χ3v) is 12.9. The van der Waals surface area contributed by atoms with Crippen LogP contribution in [0.1, 0.15) is 0 Å². The highest BCUT2D eigenvalue weighted by molar-refractivity contribution is 7.25. The average molecular weight is 800 g/mol. The largest absolute Gasteiger partial charge is 0.309 e. The molecule has 11 aromatic rings. The van der Waals surface area contributed by atoms with Crippen molar-refractivity contribution in [1.29, 1.82) is 0 Å². The molecule has 0 fully saturated rings. The van der Waals surface area contributed by atoms with Gasteiger partial charge in [-0.2, -0.15) is 0 Å². The van der Waals surface area contributed by atoms with Crippen molar-refractivity contribution in [1.82, 2.24) is 0 Å². The van der Waals surface area contributed by atoms with Crippen molar-refractivity contribution >= 4 is 59.3 Å². The second-order valence-electron chi connectivity index (χ2n) is 15.4. The smallest absolute Gasteiger partial charge is 0.123 e. The van der Waals surface area contributed by atoms with E-state index in [2.05, 4.69) is 211 Å². The Hall–Kier alpha value is -7.59. The van der Waals surface area contributed by atoms with Crippen molar-refractivity contribution in [2.24, 2.45) is 0 Å². The van der Waals surface area contributed by atoms with E-state index in [-0.39, 0.29) is 5.82 Å². The number of hydrogen-bond acceptors (Lipinski definition) is 2. The quantitative estimate of drug-likeness (QED) is 0.148. The molecule has 288 valence electrons. The van der Waals surface area contributed by atoms with Gasteiger partial charge in [0, 0.05) is 37.0 Å². The lowest BCUT2D eigenvalue weighted by molar-refractivity contribution is 0.628. The van der Waals surface area contributed by atoms with E-state index < -0.39 is 0 Å². The van der Waals surface area contributed by atoms with Crippen LogP contribution < -0.4 is 4.90 Å². The van der Waals surface area contributed by atoms with E-state index in [0.29, 0.717) is 0 Å². The highest BCUT2D eigenvalue weighted by atomic mass is 32.1. The fourth-order valence-corrected chi connectivity index (χ4v) is 10.0. The van der Waals surface area contributed by atoms with Crippen molar-refractivity contribution in [2.45, 2.75) is 0 Å². The summed E-state index contributed by atoms with van der Waals surface area (Å²) in [5.41, 5.74) is 14.4. The summed E-state index contributed by atoms with van der Waals surface area (Å²) >= 11 is 1.84. The molecule has 0 N–H and O–H groups in total. The molecule has 1 heterocycles. The summed E-state index contributed by atoms with van der Waals surface area (Å²) in [7, 11) is 0. The topological polar surface area (TPSA) is 3.24 Å². The number of nitrogens with zero attached hydrogens (tertiary/aromatic N) is 1. The van der Waals surface area contributed by atoms with Gasteiger partial charge in [-0.25, -0.2) is 4.39 Å². The molecule has 10 aromatic carbocycles. The molecule has 0 saturated heterocycles. The minimum atomic E-state index is -0.246. The van der Waals surface area contributed by atoms with Crippen LogP contribution in [-0.2, 0) is 0 Å². The lowest BCUT2D eigenvalue weighted by Crippen LogP contribution is -2.12. The van der Waals surface area contributed by atoms with Gasteiger partial charge in [-0.3, -0.25) is 0 Å². The summed E-state index contributed by atoms with van der Waals surface area (Å²) in [5.74, 6) is -0.246. The molecule has 11 rings (SSSR count). The molecule has 0 saturated carbocycles.